The van der Waals surface area contributed by atoms with E-state index in [4.69, 9.17) is 4.74 Å². The van der Waals surface area contributed by atoms with Gasteiger partial charge < -0.3 is 10.1 Å². The molecule has 5 rings (SSSR count). The summed E-state index contributed by atoms with van der Waals surface area (Å²) in [5.74, 6) is 2.47. The number of carbonyl (C=O) groups excluding carboxylic acids is 1. The van der Waals surface area contributed by atoms with Crippen LogP contribution in [-0.4, -0.2) is 15.9 Å². The van der Waals surface area contributed by atoms with Gasteiger partial charge in [-0.15, -0.1) is 0 Å². The molecule has 192 valence electrons. The highest BCUT2D eigenvalue weighted by Gasteiger charge is 2.20. The van der Waals surface area contributed by atoms with Gasteiger partial charge in [0.05, 0.1) is 18.1 Å². The van der Waals surface area contributed by atoms with E-state index in [2.05, 4.69) is 54.3 Å². The van der Waals surface area contributed by atoms with Gasteiger partial charge in [-0.2, -0.15) is 0 Å². The number of nitrogens with one attached hydrogen (secondary N) is 1. The van der Waals surface area contributed by atoms with Gasteiger partial charge >= 0.3 is 0 Å². The number of carbonyl (C=O) groups is 1. The van der Waals surface area contributed by atoms with Crippen molar-refractivity contribution in [1.29, 1.82) is 0 Å². The molecular formula is C33H33N3O2. The lowest BCUT2D eigenvalue weighted by atomic mass is 9.88. The summed E-state index contributed by atoms with van der Waals surface area (Å²) in [6.07, 6.45) is 9.98. The molecule has 1 amide bonds. The summed E-state index contributed by atoms with van der Waals surface area (Å²) in [5, 5.41) is 3.05. The maximum absolute atomic E-state index is 13.3. The number of pyridine rings is 2. The van der Waals surface area contributed by atoms with E-state index >= 15 is 0 Å². The molecule has 0 bridgehead atoms. The maximum Gasteiger partial charge on any atom is 0.255 e. The average Bonchev–Trinajstić information content (AvgIpc) is 2.94. The largest absolute Gasteiger partial charge is 0.456 e. The molecule has 2 aromatic carbocycles. The Labute approximate surface area is 224 Å². The molecule has 0 aliphatic heterocycles. The quantitative estimate of drug-likeness (QED) is 0.267. The summed E-state index contributed by atoms with van der Waals surface area (Å²) in [4.78, 5) is 22.3. The molecule has 0 saturated carbocycles. The Balaban J connectivity index is 1.33. The lowest BCUT2D eigenvalue weighted by molar-refractivity contribution is -0.111. The van der Waals surface area contributed by atoms with Crippen LogP contribution in [0.2, 0.25) is 0 Å². The fraction of sp³-hybridized carbons (Fsp3) is 0.242. The van der Waals surface area contributed by atoms with Crippen molar-refractivity contribution in [3.05, 3.63) is 108 Å². The van der Waals surface area contributed by atoms with Gasteiger partial charge in [0, 0.05) is 23.0 Å². The van der Waals surface area contributed by atoms with Crippen molar-refractivity contribution in [2.45, 2.75) is 40.0 Å². The number of amides is 1. The lowest BCUT2D eigenvalue weighted by Gasteiger charge is -2.19. The van der Waals surface area contributed by atoms with E-state index in [1.165, 1.54) is 5.56 Å². The number of aryl methyl sites for hydroxylation is 1. The fourth-order valence-corrected chi connectivity index (χ4v) is 4.56. The van der Waals surface area contributed by atoms with Crippen LogP contribution in [0.3, 0.4) is 0 Å². The van der Waals surface area contributed by atoms with Gasteiger partial charge in [-0.25, -0.2) is 0 Å². The van der Waals surface area contributed by atoms with Crippen LogP contribution in [0.1, 0.15) is 44.0 Å². The number of aromatic nitrogens is 2. The second kappa shape index (κ2) is 11.4. The van der Waals surface area contributed by atoms with Crippen LogP contribution < -0.4 is 10.1 Å². The number of allylic oxidation sites excluding steroid dienone is 1. The zero-order chi connectivity index (χ0) is 26.5. The molecule has 0 radical (unpaired) electrons. The highest BCUT2D eigenvalue weighted by molar-refractivity contribution is 6.26. The number of hydrogen-bond donors (Lipinski definition) is 1. The topological polar surface area (TPSA) is 64.1 Å². The van der Waals surface area contributed by atoms with Gasteiger partial charge in [-0.1, -0.05) is 57.2 Å². The highest BCUT2D eigenvalue weighted by Crippen LogP contribution is 2.33. The molecular weight excluding hydrogens is 470 g/mol. The van der Waals surface area contributed by atoms with Crippen LogP contribution in [-0.2, 0) is 17.6 Å². The molecule has 0 saturated heterocycles. The Hall–Kier alpha value is -4.25. The van der Waals surface area contributed by atoms with Gasteiger partial charge in [0.2, 0.25) is 0 Å². The van der Waals surface area contributed by atoms with Gasteiger partial charge in [-0.3, -0.25) is 14.8 Å². The van der Waals surface area contributed by atoms with E-state index < -0.39 is 0 Å². The van der Waals surface area contributed by atoms with Crippen LogP contribution >= 0.6 is 0 Å². The van der Waals surface area contributed by atoms with E-state index in [0.29, 0.717) is 28.8 Å². The van der Waals surface area contributed by atoms with Crippen LogP contribution in [0.25, 0.3) is 16.7 Å². The summed E-state index contributed by atoms with van der Waals surface area (Å²) in [5.41, 5.74) is 6.48. The minimum atomic E-state index is -0.118. The summed E-state index contributed by atoms with van der Waals surface area (Å²) in [7, 11) is 0. The average molecular weight is 504 g/mol. The van der Waals surface area contributed by atoms with Gasteiger partial charge in [0.15, 0.2) is 0 Å². The summed E-state index contributed by atoms with van der Waals surface area (Å²) >= 11 is 0. The van der Waals surface area contributed by atoms with Gasteiger partial charge in [0.1, 0.15) is 11.5 Å². The second-order valence-corrected chi connectivity index (χ2v) is 10.3. The Morgan fingerprint density at radius 3 is 2.53 bits per heavy atom. The van der Waals surface area contributed by atoms with E-state index in [9.17, 15) is 4.79 Å². The number of ether oxygens (including phenoxy) is 1. The number of fused-ring (bicyclic) bond motifs is 1. The van der Waals surface area contributed by atoms with E-state index in [1.807, 2.05) is 60.8 Å². The van der Waals surface area contributed by atoms with Crippen molar-refractivity contribution in [3.63, 3.8) is 0 Å². The summed E-state index contributed by atoms with van der Waals surface area (Å²) in [6.45, 7) is 6.70. The first-order valence-corrected chi connectivity index (χ1v) is 13.2. The van der Waals surface area contributed by atoms with Gasteiger partial charge in [-0.05, 0) is 84.2 Å². The number of hydrogen-bond acceptors (Lipinski definition) is 4. The van der Waals surface area contributed by atoms with Crippen molar-refractivity contribution in [3.8, 4) is 22.6 Å². The molecule has 0 spiro atoms. The van der Waals surface area contributed by atoms with Crippen molar-refractivity contribution in [2.75, 3.05) is 5.32 Å². The number of nitrogens with zero attached hydrogens (tertiary/aromatic N) is 2. The first kappa shape index (κ1) is 25.4. The first-order chi connectivity index (χ1) is 18.5. The zero-order valence-electron chi connectivity index (χ0n) is 22.1. The van der Waals surface area contributed by atoms with E-state index in [1.54, 1.807) is 12.4 Å². The lowest BCUT2D eigenvalue weighted by Crippen LogP contribution is -2.17. The number of benzene rings is 2. The first-order valence-electron chi connectivity index (χ1n) is 13.2. The molecule has 1 aliphatic carbocycles. The summed E-state index contributed by atoms with van der Waals surface area (Å²) in [6, 6.07) is 21.9. The zero-order valence-corrected chi connectivity index (χ0v) is 22.1. The molecule has 2 aromatic heterocycles. The van der Waals surface area contributed by atoms with Crippen LogP contribution in [0.15, 0.2) is 91.4 Å². The molecule has 1 aliphatic rings. The van der Waals surface area contributed by atoms with Crippen molar-refractivity contribution >= 4 is 17.2 Å². The third kappa shape index (κ3) is 6.00. The molecule has 0 unspecified atom stereocenters. The molecule has 2 heterocycles. The SMILES string of the molecule is CC(C)[C@H](C)Cc1ccc(NC(=O)C2=CCCc3ccc(-c4cncc(Oc5ccccc5)c4)cc32)cn1. The Kier molecular flexibility index (Phi) is 7.64. The minimum Gasteiger partial charge on any atom is -0.456 e. The predicted molar refractivity (Wildman–Crippen MR) is 153 cm³/mol. The van der Waals surface area contributed by atoms with Crippen molar-refractivity contribution in [1.82, 2.24) is 9.97 Å². The normalized spacial score (nSPS) is 13.4. The number of anilines is 1. The second-order valence-electron chi connectivity index (χ2n) is 10.3. The Bertz CT molecular complexity index is 1440. The van der Waals surface area contributed by atoms with Crippen molar-refractivity contribution < 1.29 is 9.53 Å². The highest BCUT2D eigenvalue weighted by atomic mass is 16.5. The molecule has 1 atom stereocenters. The smallest absolute Gasteiger partial charge is 0.255 e. The number of para-hydroxylation sites is 1. The van der Waals surface area contributed by atoms with E-state index in [-0.39, 0.29) is 5.91 Å². The Morgan fingerprint density at radius 1 is 0.921 bits per heavy atom. The maximum atomic E-state index is 13.3. The standard InChI is InChI=1S/C33H33N3O2/c1-22(2)23(3)16-27-14-15-28(20-35-27)36-33(37)31-11-7-8-24-12-13-25(18-32(24)31)26-17-30(21-34-19-26)38-29-9-5-4-6-10-29/h4-6,9-15,17-23H,7-8,16H2,1-3H3,(H,36,37)/t23-/m1/s1. The third-order valence-corrected chi connectivity index (χ3v) is 7.18. The molecule has 1 N–H and O–H groups in total. The molecule has 5 nitrogen and oxygen atoms in total. The monoisotopic (exact) mass is 503 g/mol. The van der Waals surface area contributed by atoms with Crippen LogP contribution in [0.5, 0.6) is 11.5 Å². The van der Waals surface area contributed by atoms with Gasteiger partial charge in [0.25, 0.3) is 5.91 Å². The van der Waals surface area contributed by atoms with E-state index in [0.717, 1.165) is 47.4 Å². The molecule has 4 aromatic rings. The Morgan fingerprint density at radius 2 is 1.76 bits per heavy atom. The molecule has 5 heteroatoms. The number of rotatable bonds is 8. The fourth-order valence-electron chi connectivity index (χ4n) is 4.56. The minimum absolute atomic E-state index is 0.118. The van der Waals surface area contributed by atoms with Crippen LogP contribution in [0, 0.1) is 11.8 Å². The summed E-state index contributed by atoms with van der Waals surface area (Å²) < 4.78 is 5.98. The van der Waals surface area contributed by atoms with Crippen molar-refractivity contribution in [2.24, 2.45) is 11.8 Å². The molecule has 0 fully saturated rings. The predicted octanol–water partition coefficient (Wildman–Crippen LogP) is 7.74. The third-order valence-electron chi connectivity index (χ3n) is 7.18. The van der Waals surface area contributed by atoms with Crippen LogP contribution in [0.4, 0.5) is 5.69 Å². The molecule has 38 heavy (non-hydrogen) atoms.